The smallest absolute Gasteiger partial charge is 0.223 e. The van der Waals surface area contributed by atoms with E-state index in [0.29, 0.717) is 17.9 Å². The van der Waals surface area contributed by atoms with E-state index in [1.165, 1.54) is 5.56 Å². The molecule has 1 amide bonds. The van der Waals surface area contributed by atoms with Crippen LogP contribution in [0.2, 0.25) is 0 Å². The number of nitrogens with zero attached hydrogens (tertiary/aromatic N) is 2. The van der Waals surface area contributed by atoms with E-state index in [9.17, 15) is 4.79 Å². The van der Waals surface area contributed by atoms with Gasteiger partial charge in [-0.1, -0.05) is 30.3 Å². The van der Waals surface area contributed by atoms with Crippen molar-refractivity contribution in [2.75, 3.05) is 33.7 Å². The van der Waals surface area contributed by atoms with Gasteiger partial charge in [0.2, 0.25) is 5.91 Å². The number of amides is 1. The van der Waals surface area contributed by atoms with Gasteiger partial charge in [0, 0.05) is 31.6 Å². The van der Waals surface area contributed by atoms with Crippen molar-refractivity contribution in [2.24, 2.45) is 11.8 Å². The highest BCUT2D eigenvalue weighted by atomic mass is 16.2. The second-order valence-electron chi connectivity index (χ2n) is 7.32. The summed E-state index contributed by atoms with van der Waals surface area (Å²) in [5, 5.41) is 3.18. The molecular weight excluding hydrogens is 286 g/mol. The SMILES string of the molecule is CN(C)[C@@H]1CN(Cc2ccccc2)CC[C@@H]1CNC(=O)C1CC1. The van der Waals surface area contributed by atoms with Crippen LogP contribution in [0.5, 0.6) is 0 Å². The molecule has 4 heteroatoms. The highest BCUT2D eigenvalue weighted by Crippen LogP contribution is 2.29. The summed E-state index contributed by atoms with van der Waals surface area (Å²) in [6, 6.07) is 11.2. The third-order valence-electron chi connectivity index (χ3n) is 5.20. The molecule has 1 aliphatic carbocycles. The number of piperidine rings is 1. The second kappa shape index (κ2) is 7.45. The Morgan fingerprint density at radius 1 is 1.22 bits per heavy atom. The number of hydrogen-bond donors (Lipinski definition) is 1. The predicted molar refractivity (Wildman–Crippen MR) is 93.0 cm³/mol. The summed E-state index contributed by atoms with van der Waals surface area (Å²) in [5.74, 6) is 1.14. The Hall–Kier alpha value is -1.39. The van der Waals surface area contributed by atoms with Crippen LogP contribution >= 0.6 is 0 Å². The molecule has 2 aliphatic rings. The number of likely N-dealkylation sites (tertiary alicyclic amines) is 1. The quantitative estimate of drug-likeness (QED) is 0.872. The molecule has 1 aromatic rings. The lowest BCUT2D eigenvalue weighted by Gasteiger charge is -2.42. The molecule has 1 saturated heterocycles. The Morgan fingerprint density at radius 2 is 1.96 bits per heavy atom. The van der Waals surface area contributed by atoms with Crippen molar-refractivity contribution in [1.29, 1.82) is 0 Å². The van der Waals surface area contributed by atoms with E-state index in [2.05, 4.69) is 59.5 Å². The largest absolute Gasteiger partial charge is 0.356 e. The van der Waals surface area contributed by atoms with Crippen LogP contribution in [0.4, 0.5) is 0 Å². The van der Waals surface area contributed by atoms with Gasteiger partial charge in [-0.05, 0) is 51.4 Å². The Labute approximate surface area is 139 Å². The topological polar surface area (TPSA) is 35.6 Å². The predicted octanol–water partition coefficient (Wildman–Crippen LogP) is 1.96. The molecule has 4 nitrogen and oxygen atoms in total. The van der Waals surface area contributed by atoms with Crippen molar-refractivity contribution in [3.63, 3.8) is 0 Å². The summed E-state index contributed by atoms with van der Waals surface area (Å²) in [7, 11) is 4.32. The van der Waals surface area contributed by atoms with Gasteiger partial charge in [0.05, 0.1) is 0 Å². The summed E-state index contributed by atoms with van der Waals surface area (Å²) in [4.78, 5) is 16.8. The van der Waals surface area contributed by atoms with Crippen molar-refractivity contribution in [3.05, 3.63) is 35.9 Å². The van der Waals surface area contributed by atoms with Gasteiger partial charge in [0.15, 0.2) is 0 Å². The van der Waals surface area contributed by atoms with E-state index >= 15 is 0 Å². The van der Waals surface area contributed by atoms with Crippen molar-refractivity contribution < 1.29 is 4.79 Å². The zero-order valence-corrected chi connectivity index (χ0v) is 14.4. The molecule has 1 aromatic carbocycles. The molecule has 0 unspecified atom stereocenters. The maximum absolute atomic E-state index is 11.9. The fourth-order valence-corrected chi connectivity index (χ4v) is 3.58. The van der Waals surface area contributed by atoms with Crippen LogP contribution in [-0.2, 0) is 11.3 Å². The molecule has 1 N–H and O–H groups in total. The van der Waals surface area contributed by atoms with Gasteiger partial charge in [-0.25, -0.2) is 0 Å². The van der Waals surface area contributed by atoms with Gasteiger partial charge in [0.1, 0.15) is 0 Å². The van der Waals surface area contributed by atoms with Crippen LogP contribution in [0.25, 0.3) is 0 Å². The number of benzene rings is 1. The van der Waals surface area contributed by atoms with E-state index in [-0.39, 0.29) is 5.91 Å². The minimum absolute atomic E-state index is 0.272. The number of rotatable bonds is 6. The monoisotopic (exact) mass is 315 g/mol. The second-order valence-corrected chi connectivity index (χ2v) is 7.32. The molecule has 0 bridgehead atoms. The summed E-state index contributed by atoms with van der Waals surface area (Å²) in [5.41, 5.74) is 1.38. The van der Waals surface area contributed by atoms with Crippen LogP contribution in [0.3, 0.4) is 0 Å². The highest BCUT2D eigenvalue weighted by molar-refractivity contribution is 5.80. The first kappa shape index (κ1) is 16.5. The van der Waals surface area contributed by atoms with Gasteiger partial charge in [-0.2, -0.15) is 0 Å². The van der Waals surface area contributed by atoms with Crippen molar-refractivity contribution in [2.45, 2.75) is 31.8 Å². The van der Waals surface area contributed by atoms with E-state index in [1.54, 1.807) is 0 Å². The van der Waals surface area contributed by atoms with Gasteiger partial charge >= 0.3 is 0 Å². The molecule has 23 heavy (non-hydrogen) atoms. The average molecular weight is 315 g/mol. The molecule has 0 spiro atoms. The van der Waals surface area contributed by atoms with Crippen molar-refractivity contribution >= 4 is 5.91 Å². The molecule has 1 heterocycles. The lowest BCUT2D eigenvalue weighted by Crippen LogP contribution is -2.53. The first-order chi connectivity index (χ1) is 11.1. The fraction of sp³-hybridized carbons (Fsp3) is 0.632. The number of hydrogen-bond acceptors (Lipinski definition) is 3. The Balaban J connectivity index is 1.53. The molecular formula is C19H29N3O. The van der Waals surface area contributed by atoms with Crippen LogP contribution in [-0.4, -0.2) is 55.5 Å². The Morgan fingerprint density at radius 3 is 2.61 bits per heavy atom. The minimum Gasteiger partial charge on any atom is -0.356 e. The van der Waals surface area contributed by atoms with Crippen LogP contribution in [0.15, 0.2) is 30.3 Å². The van der Waals surface area contributed by atoms with Crippen molar-refractivity contribution in [3.8, 4) is 0 Å². The van der Waals surface area contributed by atoms with Gasteiger partial charge in [-0.15, -0.1) is 0 Å². The standard InChI is InChI=1S/C19H29N3O/c1-21(2)18-14-22(13-15-6-4-3-5-7-15)11-10-17(18)12-20-19(23)16-8-9-16/h3-7,16-18H,8-14H2,1-2H3,(H,20,23)/t17-,18-/m1/s1. The van der Waals surface area contributed by atoms with Crippen LogP contribution in [0, 0.1) is 11.8 Å². The fourth-order valence-electron chi connectivity index (χ4n) is 3.58. The molecule has 2 atom stereocenters. The summed E-state index contributed by atoms with van der Waals surface area (Å²) in [6.45, 7) is 4.04. The third kappa shape index (κ3) is 4.55. The van der Waals surface area contributed by atoms with E-state index < -0.39 is 0 Å². The normalized spacial score (nSPS) is 25.5. The number of likely N-dealkylation sites (N-methyl/N-ethyl adjacent to an activating group) is 1. The minimum atomic E-state index is 0.272. The van der Waals surface area contributed by atoms with E-state index in [1.807, 2.05) is 0 Å². The maximum atomic E-state index is 11.9. The van der Waals surface area contributed by atoms with E-state index in [0.717, 1.165) is 45.4 Å². The molecule has 0 radical (unpaired) electrons. The number of carbonyl (C=O) groups excluding carboxylic acids is 1. The zero-order valence-electron chi connectivity index (χ0n) is 14.4. The third-order valence-corrected chi connectivity index (χ3v) is 5.20. The van der Waals surface area contributed by atoms with Gasteiger partial charge in [0.25, 0.3) is 0 Å². The zero-order chi connectivity index (χ0) is 16.2. The van der Waals surface area contributed by atoms with Crippen LogP contribution < -0.4 is 5.32 Å². The lowest BCUT2D eigenvalue weighted by molar-refractivity contribution is -0.122. The summed E-state index contributed by atoms with van der Waals surface area (Å²) < 4.78 is 0. The van der Waals surface area contributed by atoms with Gasteiger partial charge in [-0.3, -0.25) is 9.69 Å². The first-order valence-corrected chi connectivity index (χ1v) is 8.84. The lowest BCUT2D eigenvalue weighted by atomic mass is 9.90. The molecule has 1 aliphatic heterocycles. The molecule has 126 valence electrons. The Bertz CT molecular complexity index is 513. The summed E-state index contributed by atoms with van der Waals surface area (Å²) in [6.07, 6.45) is 3.32. The number of carbonyl (C=O) groups is 1. The molecule has 3 rings (SSSR count). The summed E-state index contributed by atoms with van der Waals surface area (Å²) >= 11 is 0. The average Bonchev–Trinajstić information content (AvgIpc) is 3.39. The van der Waals surface area contributed by atoms with Crippen molar-refractivity contribution in [1.82, 2.24) is 15.1 Å². The molecule has 2 fully saturated rings. The molecule has 1 saturated carbocycles. The number of nitrogens with one attached hydrogen (secondary N) is 1. The Kier molecular flexibility index (Phi) is 5.34. The maximum Gasteiger partial charge on any atom is 0.223 e. The first-order valence-electron chi connectivity index (χ1n) is 8.84. The van der Waals surface area contributed by atoms with Crippen LogP contribution in [0.1, 0.15) is 24.8 Å². The van der Waals surface area contributed by atoms with E-state index in [4.69, 9.17) is 0 Å². The molecule has 0 aromatic heterocycles. The van der Waals surface area contributed by atoms with Gasteiger partial charge < -0.3 is 10.2 Å². The highest BCUT2D eigenvalue weighted by Gasteiger charge is 2.33.